The summed E-state index contributed by atoms with van der Waals surface area (Å²) in [5.41, 5.74) is 3.70. The van der Waals surface area contributed by atoms with Crippen molar-refractivity contribution in [2.24, 2.45) is 5.10 Å². The molecule has 0 aliphatic rings. The van der Waals surface area contributed by atoms with Gasteiger partial charge in [-0.05, 0) is 42.0 Å². The molecular formula is C21H15ClFN3O2. The minimum atomic E-state index is -0.655. The molecule has 0 saturated carbocycles. The van der Waals surface area contributed by atoms with Crippen molar-refractivity contribution < 1.29 is 14.0 Å². The van der Waals surface area contributed by atoms with Crippen molar-refractivity contribution in [1.82, 2.24) is 5.43 Å². The zero-order valence-electron chi connectivity index (χ0n) is 14.5. The maximum atomic E-state index is 13.6. The summed E-state index contributed by atoms with van der Waals surface area (Å²) < 4.78 is 13.6. The van der Waals surface area contributed by atoms with Gasteiger partial charge in [-0.1, -0.05) is 48.0 Å². The molecule has 0 aliphatic heterocycles. The number of benzene rings is 3. The number of carbonyl (C=O) groups excluding carboxylic acids is 2. The van der Waals surface area contributed by atoms with Crippen LogP contribution in [-0.4, -0.2) is 18.0 Å². The summed E-state index contributed by atoms with van der Waals surface area (Å²) in [4.78, 5) is 24.2. The van der Waals surface area contributed by atoms with Crippen LogP contribution in [0.1, 0.15) is 26.3 Å². The number of hydrogen-bond donors (Lipinski definition) is 2. The fourth-order valence-electron chi connectivity index (χ4n) is 2.41. The summed E-state index contributed by atoms with van der Waals surface area (Å²) in [7, 11) is 0. The molecule has 3 aromatic carbocycles. The number of rotatable bonds is 5. The number of hydrazone groups is 1. The van der Waals surface area contributed by atoms with Crippen LogP contribution in [0.15, 0.2) is 77.9 Å². The summed E-state index contributed by atoms with van der Waals surface area (Å²) in [6, 6.07) is 19.2. The van der Waals surface area contributed by atoms with Crippen molar-refractivity contribution in [2.45, 2.75) is 0 Å². The molecule has 0 aromatic heterocycles. The van der Waals surface area contributed by atoms with Gasteiger partial charge in [0.25, 0.3) is 11.8 Å². The predicted octanol–water partition coefficient (Wildman–Crippen LogP) is 4.50. The molecule has 0 saturated heterocycles. The van der Waals surface area contributed by atoms with Crippen LogP contribution < -0.4 is 10.7 Å². The smallest absolute Gasteiger partial charge is 0.274 e. The van der Waals surface area contributed by atoms with Gasteiger partial charge in [-0.15, -0.1) is 0 Å². The van der Waals surface area contributed by atoms with E-state index in [4.69, 9.17) is 11.6 Å². The van der Waals surface area contributed by atoms with Crippen LogP contribution in [0.25, 0.3) is 0 Å². The van der Waals surface area contributed by atoms with E-state index < -0.39 is 11.7 Å². The zero-order valence-corrected chi connectivity index (χ0v) is 15.3. The monoisotopic (exact) mass is 395 g/mol. The molecule has 0 heterocycles. The molecule has 0 bridgehead atoms. The molecule has 3 aromatic rings. The van der Waals surface area contributed by atoms with Crippen molar-refractivity contribution in [3.05, 3.63) is 100 Å². The van der Waals surface area contributed by atoms with Crippen molar-refractivity contribution in [2.75, 3.05) is 5.32 Å². The Hall–Kier alpha value is -3.51. The molecular weight excluding hydrogens is 381 g/mol. The third kappa shape index (κ3) is 4.81. The van der Waals surface area contributed by atoms with Crippen LogP contribution in [0.3, 0.4) is 0 Å². The van der Waals surface area contributed by atoms with Crippen LogP contribution in [0, 0.1) is 5.82 Å². The van der Waals surface area contributed by atoms with E-state index >= 15 is 0 Å². The van der Waals surface area contributed by atoms with Gasteiger partial charge in [0.1, 0.15) is 5.82 Å². The molecule has 3 rings (SSSR count). The van der Waals surface area contributed by atoms with Crippen LogP contribution in [0.2, 0.25) is 5.02 Å². The Morgan fingerprint density at radius 2 is 1.61 bits per heavy atom. The highest BCUT2D eigenvalue weighted by Gasteiger charge is 2.10. The molecule has 0 fully saturated rings. The molecule has 5 nitrogen and oxygen atoms in total. The highest BCUT2D eigenvalue weighted by atomic mass is 35.5. The Morgan fingerprint density at radius 3 is 2.36 bits per heavy atom. The first-order chi connectivity index (χ1) is 13.5. The van der Waals surface area contributed by atoms with Crippen molar-refractivity contribution >= 4 is 35.3 Å². The van der Waals surface area contributed by atoms with Crippen LogP contribution in [0.4, 0.5) is 10.1 Å². The number of amides is 2. The first-order valence-corrected chi connectivity index (χ1v) is 8.66. The molecule has 2 amide bonds. The Labute approximate surface area is 165 Å². The maximum absolute atomic E-state index is 13.6. The molecule has 0 aliphatic carbocycles. The standard InChI is InChI=1S/C21H15ClFN3O2/c22-18-10-3-1-8-16(18)20(27)25-15-7-5-6-14(12-15)13-24-26-21(28)17-9-2-4-11-19(17)23/h1-13H,(H,25,27)(H,26,28)/b24-13+. The van der Waals surface area contributed by atoms with Gasteiger partial charge in [-0.2, -0.15) is 5.10 Å². The average molecular weight is 396 g/mol. The highest BCUT2D eigenvalue weighted by molar-refractivity contribution is 6.34. The van der Waals surface area contributed by atoms with Crippen LogP contribution >= 0.6 is 11.6 Å². The van der Waals surface area contributed by atoms with E-state index in [1.54, 1.807) is 54.6 Å². The van der Waals surface area contributed by atoms with E-state index in [1.807, 2.05) is 0 Å². The largest absolute Gasteiger partial charge is 0.322 e. The van der Waals surface area contributed by atoms with Gasteiger partial charge in [-0.3, -0.25) is 9.59 Å². The second-order valence-corrected chi connectivity index (χ2v) is 6.15. The third-order valence-electron chi connectivity index (χ3n) is 3.76. The number of nitrogens with one attached hydrogen (secondary N) is 2. The highest BCUT2D eigenvalue weighted by Crippen LogP contribution is 2.17. The van der Waals surface area contributed by atoms with Gasteiger partial charge in [0.2, 0.25) is 0 Å². The Kier molecular flexibility index (Phi) is 6.14. The van der Waals surface area contributed by atoms with Gasteiger partial charge < -0.3 is 5.32 Å². The summed E-state index contributed by atoms with van der Waals surface area (Å²) in [6.45, 7) is 0. The molecule has 0 spiro atoms. The molecule has 2 N–H and O–H groups in total. The van der Waals surface area contributed by atoms with E-state index in [-0.39, 0.29) is 11.5 Å². The van der Waals surface area contributed by atoms with E-state index in [0.29, 0.717) is 21.8 Å². The van der Waals surface area contributed by atoms with Gasteiger partial charge in [-0.25, -0.2) is 9.82 Å². The minimum absolute atomic E-state index is 0.0968. The number of halogens is 2. The lowest BCUT2D eigenvalue weighted by Crippen LogP contribution is -2.19. The fourth-order valence-corrected chi connectivity index (χ4v) is 2.63. The second kappa shape index (κ2) is 8.92. The minimum Gasteiger partial charge on any atom is -0.322 e. The molecule has 28 heavy (non-hydrogen) atoms. The van der Waals surface area contributed by atoms with Crippen molar-refractivity contribution in [3.63, 3.8) is 0 Å². The van der Waals surface area contributed by atoms with Gasteiger partial charge >= 0.3 is 0 Å². The lowest BCUT2D eigenvalue weighted by molar-refractivity contribution is 0.0950. The average Bonchev–Trinajstić information content (AvgIpc) is 2.69. The number of hydrogen-bond acceptors (Lipinski definition) is 3. The predicted molar refractivity (Wildman–Crippen MR) is 107 cm³/mol. The lowest BCUT2D eigenvalue weighted by atomic mass is 10.2. The van der Waals surface area contributed by atoms with Crippen LogP contribution in [-0.2, 0) is 0 Å². The molecule has 7 heteroatoms. The summed E-state index contributed by atoms with van der Waals surface area (Å²) >= 11 is 6.03. The van der Waals surface area contributed by atoms with E-state index in [1.165, 1.54) is 24.4 Å². The van der Waals surface area contributed by atoms with Gasteiger partial charge in [0.15, 0.2) is 0 Å². The normalized spacial score (nSPS) is 10.6. The van der Waals surface area contributed by atoms with E-state index in [2.05, 4.69) is 15.8 Å². The van der Waals surface area contributed by atoms with E-state index in [0.717, 1.165) is 0 Å². The molecule has 0 radical (unpaired) electrons. The number of nitrogens with zero attached hydrogens (tertiary/aromatic N) is 1. The first-order valence-electron chi connectivity index (χ1n) is 8.28. The van der Waals surface area contributed by atoms with Crippen LogP contribution in [0.5, 0.6) is 0 Å². The molecule has 0 atom stereocenters. The SMILES string of the molecule is O=C(N/N=C/c1cccc(NC(=O)c2ccccc2Cl)c1)c1ccccc1F. The Balaban J connectivity index is 1.66. The third-order valence-corrected chi connectivity index (χ3v) is 4.09. The topological polar surface area (TPSA) is 70.6 Å². The maximum Gasteiger partial charge on any atom is 0.274 e. The Bertz CT molecular complexity index is 1050. The molecule has 0 unspecified atom stereocenters. The lowest BCUT2D eigenvalue weighted by Gasteiger charge is -2.07. The van der Waals surface area contributed by atoms with Crippen molar-refractivity contribution in [3.8, 4) is 0 Å². The summed E-state index contributed by atoms with van der Waals surface area (Å²) in [5, 5.41) is 6.93. The zero-order chi connectivity index (χ0) is 19.9. The quantitative estimate of drug-likeness (QED) is 0.493. The fraction of sp³-hybridized carbons (Fsp3) is 0. The van der Waals surface area contributed by atoms with Gasteiger partial charge in [0, 0.05) is 5.69 Å². The summed E-state index contributed by atoms with van der Waals surface area (Å²) in [6.07, 6.45) is 1.39. The second-order valence-electron chi connectivity index (χ2n) is 5.74. The Morgan fingerprint density at radius 1 is 0.893 bits per heavy atom. The number of anilines is 1. The van der Waals surface area contributed by atoms with E-state index in [9.17, 15) is 14.0 Å². The van der Waals surface area contributed by atoms with Crippen molar-refractivity contribution in [1.29, 1.82) is 0 Å². The summed E-state index contributed by atoms with van der Waals surface area (Å²) in [5.74, 6) is -1.62. The van der Waals surface area contributed by atoms with Gasteiger partial charge in [0.05, 0.1) is 22.4 Å². The number of carbonyl (C=O) groups is 2. The molecule has 140 valence electrons. The first kappa shape index (κ1) is 19.3.